The van der Waals surface area contributed by atoms with Gasteiger partial charge in [0.15, 0.2) is 11.5 Å². The summed E-state index contributed by atoms with van der Waals surface area (Å²) in [6.45, 7) is 3.48. The van der Waals surface area contributed by atoms with Crippen molar-refractivity contribution in [2.24, 2.45) is 0 Å². The van der Waals surface area contributed by atoms with E-state index in [9.17, 15) is 4.79 Å². The van der Waals surface area contributed by atoms with E-state index in [0.717, 1.165) is 36.1 Å². The third-order valence-corrected chi connectivity index (χ3v) is 2.64. The van der Waals surface area contributed by atoms with Crippen molar-refractivity contribution in [1.82, 2.24) is 0 Å². The summed E-state index contributed by atoms with van der Waals surface area (Å²) in [6.07, 6.45) is 7.37. The average molecular weight is 190 g/mol. The van der Waals surface area contributed by atoms with Gasteiger partial charge in [0, 0.05) is 18.1 Å². The molecule has 1 aromatic rings. The third kappa shape index (κ3) is 1.41. The molecule has 14 heavy (non-hydrogen) atoms. The molecule has 0 bridgehead atoms. The molecule has 1 heterocycles. The second-order valence-corrected chi connectivity index (χ2v) is 3.73. The molecule has 1 aromatic heterocycles. The average Bonchev–Trinajstić information content (AvgIpc) is 2.38. The summed E-state index contributed by atoms with van der Waals surface area (Å²) < 4.78 is 5.48. The summed E-state index contributed by atoms with van der Waals surface area (Å²) in [5.74, 6) is 1.46. The number of ketones is 1. The molecule has 0 saturated carbocycles. The highest BCUT2D eigenvalue weighted by Crippen LogP contribution is 2.28. The zero-order valence-electron chi connectivity index (χ0n) is 8.59. The molecule has 74 valence electrons. The topological polar surface area (TPSA) is 30.2 Å². The molecule has 0 spiro atoms. The summed E-state index contributed by atoms with van der Waals surface area (Å²) >= 11 is 0. The molecule has 0 aliphatic heterocycles. The summed E-state index contributed by atoms with van der Waals surface area (Å²) in [5, 5.41) is 0. The van der Waals surface area contributed by atoms with Crippen LogP contribution in [0.3, 0.4) is 0 Å². The van der Waals surface area contributed by atoms with Gasteiger partial charge in [0.2, 0.25) is 0 Å². The molecule has 2 heteroatoms. The molecular formula is C12H14O2. The maximum atomic E-state index is 11.3. The zero-order chi connectivity index (χ0) is 10.1. The number of carbonyl (C=O) groups excluding carboxylic acids is 1. The Balaban J connectivity index is 2.57. The van der Waals surface area contributed by atoms with Gasteiger partial charge < -0.3 is 4.42 Å². The highest BCUT2D eigenvalue weighted by Gasteiger charge is 2.19. The van der Waals surface area contributed by atoms with Crippen molar-refractivity contribution in [2.75, 3.05) is 0 Å². The van der Waals surface area contributed by atoms with Crippen LogP contribution in [-0.2, 0) is 6.42 Å². The van der Waals surface area contributed by atoms with E-state index >= 15 is 0 Å². The summed E-state index contributed by atoms with van der Waals surface area (Å²) in [5.41, 5.74) is 2.22. The Labute approximate surface area is 83.6 Å². The van der Waals surface area contributed by atoms with E-state index in [1.807, 2.05) is 6.92 Å². The quantitative estimate of drug-likeness (QED) is 0.637. The van der Waals surface area contributed by atoms with Crippen molar-refractivity contribution in [2.45, 2.75) is 33.1 Å². The zero-order valence-corrected chi connectivity index (χ0v) is 8.59. The predicted molar refractivity (Wildman–Crippen MR) is 55.4 cm³/mol. The molecule has 0 N–H and O–H groups in total. The number of hydrogen-bond donors (Lipinski definition) is 0. The summed E-state index contributed by atoms with van der Waals surface area (Å²) in [4.78, 5) is 11.3. The molecule has 1 aliphatic rings. The molecule has 0 saturated heterocycles. The largest absolute Gasteiger partial charge is 0.457 e. The van der Waals surface area contributed by atoms with Crippen LogP contribution >= 0.6 is 0 Å². The van der Waals surface area contributed by atoms with Crippen molar-refractivity contribution in [1.29, 1.82) is 0 Å². The van der Waals surface area contributed by atoms with Crippen LogP contribution in [0.5, 0.6) is 0 Å². The minimum absolute atomic E-state index is 0.0321. The van der Waals surface area contributed by atoms with E-state index < -0.39 is 0 Å². The molecule has 1 aliphatic carbocycles. The van der Waals surface area contributed by atoms with Gasteiger partial charge in [-0.05, 0) is 26.2 Å². The van der Waals surface area contributed by atoms with Gasteiger partial charge in [0.05, 0.1) is 0 Å². The van der Waals surface area contributed by atoms with Gasteiger partial charge in [-0.1, -0.05) is 12.2 Å². The second-order valence-electron chi connectivity index (χ2n) is 3.73. The van der Waals surface area contributed by atoms with Crippen LogP contribution < -0.4 is 0 Å². The monoisotopic (exact) mass is 190 g/mol. The van der Waals surface area contributed by atoms with Crippen LogP contribution in [0.15, 0.2) is 10.5 Å². The number of fused-ring (bicyclic) bond motifs is 1. The molecular weight excluding hydrogens is 176 g/mol. The van der Waals surface area contributed by atoms with Gasteiger partial charge in [-0.3, -0.25) is 4.79 Å². The number of hydrogen-bond acceptors (Lipinski definition) is 2. The normalized spacial score (nSPS) is 15.0. The Bertz CT molecular complexity index is 397. The van der Waals surface area contributed by atoms with Crippen LogP contribution in [0.1, 0.15) is 47.2 Å². The molecule has 2 rings (SSSR count). The molecule has 0 amide bonds. The summed E-state index contributed by atoms with van der Waals surface area (Å²) in [6, 6.07) is 0. The van der Waals surface area contributed by atoms with E-state index in [-0.39, 0.29) is 5.78 Å². The van der Waals surface area contributed by atoms with E-state index in [1.165, 1.54) is 0 Å². The lowest BCUT2D eigenvalue weighted by molar-refractivity contribution is 0.0984. The highest BCUT2D eigenvalue weighted by atomic mass is 16.3. The second kappa shape index (κ2) is 3.45. The lowest BCUT2D eigenvalue weighted by atomic mass is 10.0. The molecule has 0 fully saturated rings. The SMILES string of the molecule is CC(=O)c1oc(C)c2c1CCCC=C2. The van der Waals surface area contributed by atoms with Gasteiger partial charge >= 0.3 is 0 Å². The molecule has 0 atom stereocenters. The molecule has 2 nitrogen and oxygen atoms in total. The summed E-state index contributed by atoms with van der Waals surface area (Å²) in [7, 11) is 0. The van der Waals surface area contributed by atoms with Gasteiger partial charge in [0.25, 0.3) is 0 Å². The number of aryl methyl sites for hydroxylation is 1. The smallest absolute Gasteiger partial charge is 0.195 e. The fourth-order valence-corrected chi connectivity index (χ4v) is 1.95. The van der Waals surface area contributed by atoms with Crippen molar-refractivity contribution in [3.63, 3.8) is 0 Å². The van der Waals surface area contributed by atoms with Gasteiger partial charge in [-0.2, -0.15) is 0 Å². The third-order valence-electron chi connectivity index (χ3n) is 2.64. The van der Waals surface area contributed by atoms with Gasteiger partial charge in [-0.15, -0.1) is 0 Å². The lowest BCUT2D eigenvalue weighted by Gasteiger charge is -1.97. The minimum Gasteiger partial charge on any atom is -0.457 e. The Morgan fingerprint density at radius 3 is 3.00 bits per heavy atom. The number of carbonyl (C=O) groups is 1. The first-order valence-corrected chi connectivity index (χ1v) is 5.00. The van der Waals surface area contributed by atoms with E-state index in [1.54, 1.807) is 6.92 Å². The Morgan fingerprint density at radius 2 is 2.29 bits per heavy atom. The number of furan rings is 1. The fourth-order valence-electron chi connectivity index (χ4n) is 1.95. The lowest BCUT2D eigenvalue weighted by Crippen LogP contribution is -1.96. The first-order chi connectivity index (χ1) is 6.70. The Morgan fingerprint density at radius 1 is 1.50 bits per heavy atom. The maximum absolute atomic E-state index is 11.3. The minimum atomic E-state index is 0.0321. The van der Waals surface area contributed by atoms with Crippen LogP contribution in [-0.4, -0.2) is 5.78 Å². The number of rotatable bonds is 1. The van der Waals surface area contributed by atoms with Crippen molar-refractivity contribution < 1.29 is 9.21 Å². The van der Waals surface area contributed by atoms with Crippen molar-refractivity contribution >= 4 is 11.9 Å². The first-order valence-electron chi connectivity index (χ1n) is 5.00. The van der Waals surface area contributed by atoms with E-state index in [0.29, 0.717) is 5.76 Å². The fraction of sp³-hybridized carbons (Fsp3) is 0.417. The first kappa shape index (κ1) is 9.25. The van der Waals surface area contributed by atoms with Crippen LogP contribution in [0, 0.1) is 6.92 Å². The predicted octanol–water partition coefficient (Wildman–Crippen LogP) is 3.14. The van der Waals surface area contributed by atoms with Gasteiger partial charge in [-0.25, -0.2) is 0 Å². The standard InChI is InChI=1S/C12H14O2/c1-8(13)12-11-7-5-3-4-6-10(11)9(2)14-12/h4,6H,3,5,7H2,1-2H3. The maximum Gasteiger partial charge on any atom is 0.195 e. The number of allylic oxidation sites excluding steroid dienone is 1. The Kier molecular flexibility index (Phi) is 2.28. The van der Waals surface area contributed by atoms with Crippen molar-refractivity contribution in [3.05, 3.63) is 28.7 Å². The van der Waals surface area contributed by atoms with Crippen LogP contribution in [0.2, 0.25) is 0 Å². The molecule has 0 aromatic carbocycles. The van der Waals surface area contributed by atoms with E-state index in [2.05, 4.69) is 12.2 Å². The van der Waals surface area contributed by atoms with Gasteiger partial charge in [0.1, 0.15) is 5.76 Å². The highest BCUT2D eigenvalue weighted by molar-refractivity contribution is 5.94. The van der Waals surface area contributed by atoms with Crippen molar-refractivity contribution in [3.8, 4) is 0 Å². The molecule has 0 unspecified atom stereocenters. The Hall–Kier alpha value is -1.31. The van der Waals surface area contributed by atoms with E-state index in [4.69, 9.17) is 4.42 Å². The number of Topliss-reactive ketones (excluding diaryl/α,β-unsaturated/α-hetero) is 1. The molecule has 0 radical (unpaired) electrons. The van der Waals surface area contributed by atoms with Crippen LogP contribution in [0.25, 0.3) is 6.08 Å². The van der Waals surface area contributed by atoms with Crippen LogP contribution in [0.4, 0.5) is 0 Å².